The summed E-state index contributed by atoms with van der Waals surface area (Å²) < 4.78 is 95.5. The maximum Gasteiger partial charge on any atom is 0.416 e. The summed E-state index contributed by atoms with van der Waals surface area (Å²) >= 11 is 0. The van der Waals surface area contributed by atoms with Gasteiger partial charge in [-0.25, -0.2) is 27.2 Å². The minimum atomic E-state index is -4.51. The molecule has 0 bridgehead atoms. The minimum Gasteiger partial charge on any atom is -0.366 e. The average molecular weight is 687 g/mol. The molecule has 1 aromatic heterocycles. The van der Waals surface area contributed by atoms with Crippen LogP contribution in [0.3, 0.4) is 0 Å². The number of nitrogens with one attached hydrogen (secondary N) is 1. The van der Waals surface area contributed by atoms with E-state index in [2.05, 4.69) is 15.3 Å². The Bertz CT molecular complexity index is 1900. The van der Waals surface area contributed by atoms with E-state index < -0.39 is 39.5 Å². The van der Waals surface area contributed by atoms with Gasteiger partial charge in [0.05, 0.1) is 34.1 Å². The number of carbonyl (C=O) groups excluding carboxylic acids is 1. The summed E-state index contributed by atoms with van der Waals surface area (Å²) in [6.07, 6.45) is -3.82. The number of para-hydroxylation sites is 1. The third kappa shape index (κ3) is 7.11. The van der Waals surface area contributed by atoms with E-state index >= 15 is 0 Å². The fourth-order valence-electron chi connectivity index (χ4n) is 5.90. The molecule has 2 aliphatic rings. The van der Waals surface area contributed by atoms with Crippen LogP contribution < -0.4 is 15.1 Å². The molecule has 2 aliphatic heterocycles. The van der Waals surface area contributed by atoms with Crippen molar-refractivity contribution >= 4 is 27.6 Å². The topological polar surface area (TPSA) is 98.7 Å². The van der Waals surface area contributed by atoms with Gasteiger partial charge in [-0.3, -0.25) is 4.79 Å². The molecule has 0 spiro atoms. The summed E-state index contributed by atoms with van der Waals surface area (Å²) in [6.45, 7) is 1.72. The fraction of sp³-hybridized carbons (Fsp3) is 0.303. The number of rotatable bonds is 8. The molecule has 9 nitrogen and oxygen atoms in total. The second-order valence-electron chi connectivity index (χ2n) is 11.5. The third-order valence-corrected chi connectivity index (χ3v) is 10.3. The maximum absolute atomic E-state index is 14.4. The van der Waals surface area contributed by atoms with Gasteiger partial charge in [-0.15, -0.1) is 0 Å². The summed E-state index contributed by atoms with van der Waals surface area (Å²) in [4.78, 5) is 26.1. The number of benzene rings is 3. The van der Waals surface area contributed by atoms with Crippen LogP contribution in [0, 0.1) is 11.6 Å². The molecule has 3 aromatic carbocycles. The molecular weight excluding hydrogens is 655 g/mol. The Morgan fingerprint density at radius 3 is 2.25 bits per heavy atom. The highest BCUT2D eigenvalue weighted by Gasteiger charge is 2.39. The molecule has 2 saturated heterocycles. The number of anilines is 2. The number of sulfonamides is 1. The molecule has 4 aromatic rings. The number of halogens is 5. The molecule has 6 rings (SSSR count). The van der Waals surface area contributed by atoms with Crippen LogP contribution >= 0.6 is 0 Å². The van der Waals surface area contributed by atoms with Crippen LogP contribution in [0.15, 0.2) is 83.8 Å². The standard InChI is InChI=1S/C33H31F5N6O3S/c34-24-5-3-6-26(19-24)48(46,47)44-14-4-9-30(44)31(45)39-21-25-20-28(22-10-12-23(13-11-22)33(36,37)38)41-32(40-25)43-17-15-42(16-18-43)29-8-2-1-7-27(29)35/h1-3,5-8,10-13,19-20,30H,4,9,14-18,21H2,(H,39,45)/t30-/m0/s1. The zero-order valence-corrected chi connectivity index (χ0v) is 26.3. The largest absolute Gasteiger partial charge is 0.416 e. The van der Waals surface area contributed by atoms with Gasteiger partial charge in [0.25, 0.3) is 0 Å². The van der Waals surface area contributed by atoms with Crippen LogP contribution in [0.4, 0.5) is 33.6 Å². The normalized spacial score (nSPS) is 17.5. The van der Waals surface area contributed by atoms with Crippen LogP contribution in [0.2, 0.25) is 0 Å². The number of piperazine rings is 1. The number of hydrogen-bond acceptors (Lipinski definition) is 7. The maximum atomic E-state index is 14.4. The van der Waals surface area contributed by atoms with Crippen molar-refractivity contribution in [1.82, 2.24) is 19.6 Å². The van der Waals surface area contributed by atoms with Gasteiger partial charge in [-0.1, -0.05) is 30.3 Å². The summed E-state index contributed by atoms with van der Waals surface area (Å²) in [5.74, 6) is -1.34. The highest BCUT2D eigenvalue weighted by molar-refractivity contribution is 7.89. The average Bonchev–Trinajstić information content (AvgIpc) is 3.59. The SMILES string of the molecule is O=C(NCc1cc(-c2ccc(C(F)(F)F)cc2)nc(N2CCN(c3ccccc3F)CC2)n1)[C@@H]1CCCN1S(=O)(=O)c1cccc(F)c1. The van der Waals surface area contributed by atoms with Crippen molar-refractivity contribution in [2.24, 2.45) is 0 Å². The van der Waals surface area contributed by atoms with Gasteiger partial charge in [0, 0.05) is 38.3 Å². The molecule has 1 atom stereocenters. The lowest BCUT2D eigenvalue weighted by molar-refractivity contribution is -0.137. The van der Waals surface area contributed by atoms with Gasteiger partial charge in [0.2, 0.25) is 21.9 Å². The molecule has 3 heterocycles. The van der Waals surface area contributed by atoms with Gasteiger partial charge < -0.3 is 15.1 Å². The van der Waals surface area contributed by atoms with Crippen molar-refractivity contribution in [1.29, 1.82) is 0 Å². The van der Waals surface area contributed by atoms with E-state index in [4.69, 9.17) is 0 Å². The zero-order chi connectivity index (χ0) is 34.1. The summed E-state index contributed by atoms with van der Waals surface area (Å²) in [7, 11) is -4.15. The van der Waals surface area contributed by atoms with Crippen LogP contribution in [0.1, 0.15) is 24.1 Å². The monoisotopic (exact) mass is 686 g/mol. The number of alkyl halides is 3. The van der Waals surface area contributed by atoms with E-state index in [-0.39, 0.29) is 36.2 Å². The molecule has 0 radical (unpaired) electrons. The quantitative estimate of drug-likeness (QED) is 0.254. The van der Waals surface area contributed by atoms with Gasteiger partial charge in [-0.05, 0) is 61.4 Å². The second-order valence-corrected chi connectivity index (χ2v) is 13.4. The first-order chi connectivity index (χ1) is 22.9. The predicted molar refractivity (Wildman–Crippen MR) is 168 cm³/mol. The molecule has 0 unspecified atom stereocenters. The van der Waals surface area contributed by atoms with E-state index in [1.54, 1.807) is 24.3 Å². The Kier molecular flexibility index (Phi) is 9.34. The molecule has 2 fully saturated rings. The molecule has 15 heteroatoms. The van der Waals surface area contributed by atoms with E-state index in [9.17, 15) is 35.2 Å². The molecule has 0 aliphatic carbocycles. The van der Waals surface area contributed by atoms with Crippen molar-refractivity contribution < 1.29 is 35.2 Å². The molecule has 252 valence electrons. The van der Waals surface area contributed by atoms with Crippen molar-refractivity contribution in [2.45, 2.75) is 36.5 Å². The molecule has 1 amide bonds. The first kappa shape index (κ1) is 33.3. The highest BCUT2D eigenvalue weighted by atomic mass is 32.2. The molecule has 1 N–H and O–H groups in total. The molecule has 48 heavy (non-hydrogen) atoms. The Morgan fingerprint density at radius 1 is 0.854 bits per heavy atom. The Morgan fingerprint density at radius 2 is 1.56 bits per heavy atom. The van der Waals surface area contributed by atoms with E-state index in [0.29, 0.717) is 55.2 Å². The summed E-state index contributed by atoms with van der Waals surface area (Å²) in [5, 5.41) is 2.75. The Labute approximate surface area is 274 Å². The van der Waals surface area contributed by atoms with E-state index in [1.165, 1.54) is 30.3 Å². The van der Waals surface area contributed by atoms with Gasteiger partial charge in [-0.2, -0.15) is 17.5 Å². The smallest absolute Gasteiger partial charge is 0.366 e. The minimum absolute atomic E-state index is 0.0888. The number of nitrogens with zero attached hydrogens (tertiary/aromatic N) is 5. The van der Waals surface area contributed by atoms with Crippen molar-refractivity contribution in [3.8, 4) is 11.3 Å². The zero-order valence-electron chi connectivity index (χ0n) is 25.5. The van der Waals surface area contributed by atoms with Gasteiger partial charge in [0.1, 0.15) is 17.7 Å². The fourth-order valence-corrected chi connectivity index (χ4v) is 7.59. The number of aromatic nitrogens is 2. The van der Waals surface area contributed by atoms with E-state index in [0.717, 1.165) is 28.6 Å². The second kappa shape index (κ2) is 13.5. The lowest BCUT2D eigenvalue weighted by atomic mass is 10.1. The number of amides is 1. The third-order valence-electron chi connectivity index (χ3n) is 8.38. The first-order valence-electron chi connectivity index (χ1n) is 15.3. The predicted octanol–water partition coefficient (Wildman–Crippen LogP) is 5.24. The lowest BCUT2D eigenvalue weighted by Crippen LogP contribution is -2.47. The van der Waals surface area contributed by atoms with Crippen LogP contribution in [-0.2, 0) is 27.5 Å². The summed E-state index contributed by atoms with van der Waals surface area (Å²) in [6, 6.07) is 16.1. The summed E-state index contributed by atoms with van der Waals surface area (Å²) in [5.41, 5.74) is 0.724. The Hall–Kier alpha value is -4.63. The highest BCUT2D eigenvalue weighted by Crippen LogP contribution is 2.32. The van der Waals surface area contributed by atoms with Crippen LogP contribution in [-0.4, -0.2) is 67.4 Å². The number of carbonyl (C=O) groups is 1. The molecular formula is C33H31F5N6O3S. The van der Waals surface area contributed by atoms with Gasteiger partial charge >= 0.3 is 6.18 Å². The van der Waals surface area contributed by atoms with Crippen molar-refractivity contribution in [3.05, 3.63) is 102 Å². The van der Waals surface area contributed by atoms with Crippen molar-refractivity contribution in [2.75, 3.05) is 42.5 Å². The van der Waals surface area contributed by atoms with Crippen LogP contribution in [0.25, 0.3) is 11.3 Å². The first-order valence-corrected chi connectivity index (χ1v) is 16.7. The molecule has 0 saturated carbocycles. The Balaban J connectivity index is 1.23. The number of hydrogen-bond donors (Lipinski definition) is 1. The lowest BCUT2D eigenvalue weighted by Gasteiger charge is -2.36. The van der Waals surface area contributed by atoms with Gasteiger partial charge in [0.15, 0.2) is 0 Å². The van der Waals surface area contributed by atoms with Crippen LogP contribution in [0.5, 0.6) is 0 Å². The van der Waals surface area contributed by atoms with Crippen molar-refractivity contribution in [3.63, 3.8) is 0 Å². The van der Waals surface area contributed by atoms with E-state index in [1.807, 2.05) is 9.80 Å².